The number of hydrogen-bond donors (Lipinski definition) is 3. The number of anilines is 1. The van der Waals surface area contributed by atoms with Crippen molar-refractivity contribution in [2.45, 2.75) is 26.7 Å². The number of carbonyl (C=O) groups is 3. The van der Waals surface area contributed by atoms with Crippen molar-refractivity contribution in [1.82, 2.24) is 5.32 Å². The molecule has 2 aromatic rings. The van der Waals surface area contributed by atoms with Crippen molar-refractivity contribution in [1.29, 1.82) is 0 Å². The Bertz CT molecular complexity index is 848. The zero-order chi connectivity index (χ0) is 19.3. The van der Waals surface area contributed by atoms with E-state index in [1.165, 1.54) is 29.5 Å². The van der Waals surface area contributed by atoms with E-state index in [2.05, 4.69) is 10.6 Å². The summed E-state index contributed by atoms with van der Waals surface area (Å²) in [5, 5.41) is 14.6. The number of hydrogen-bond acceptors (Lipinski definition) is 4. The molecule has 0 bridgehead atoms. The van der Waals surface area contributed by atoms with Gasteiger partial charge in [-0.05, 0) is 36.6 Å². The number of nitrogens with one attached hydrogen (secondary N) is 2. The molecule has 0 aliphatic rings. The maximum Gasteiger partial charge on any atom is 0.339 e. The van der Waals surface area contributed by atoms with Gasteiger partial charge >= 0.3 is 5.97 Å². The number of benzene rings is 1. The topological polar surface area (TPSA) is 95.5 Å². The molecule has 2 rings (SSSR count). The van der Waals surface area contributed by atoms with E-state index in [-0.39, 0.29) is 23.5 Å². The number of carboxylic acid groups (broad SMARTS) is 1. The number of aromatic carboxylic acids is 1. The van der Waals surface area contributed by atoms with Crippen LogP contribution in [0.3, 0.4) is 0 Å². The van der Waals surface area contributed by atoms with Crippen molar-refractivity contribution in [3.05, 3.63) is 51.7 Å². The van der Waals surface area contributed by atoms with Crippen LogP contribution < -0.4 is 10.6 Å². The van der Waals surface area contributed by atoms with Crippen molar-refractivity contribution in [2.24, 2.45) is 0 Å². The number of thiophene rings is 1. The van der Waals surface area contributed by atoms with Gasteiger partial charge in [0.15, 0.2) is 0 Å². The average molecular weight is 378 g/mol. The fourth-order valence-corrected chi connectivity index (χ4v) is 3.72. The van der Waals surface area contributed by atoms with Crippen LogP contribution in [0.15, 0.2) is 24.3 Å². The molecule has 2 amide bonds. The lowest BCUT2D eigenvalue weighted by atomic mass is 10.1. The Balaban J connectivity index is 1.95. The van der Waals surface area contributed by atoms with E-state index in [1.54, 1.807) is 13.0 Å². The van der Waals surface area contributed by atoms with E-state index in [4.69, 9.17) is 0 Å². The highest BCUT2D eigenvalue weighted by Crippen LogP contribution is 2.33. The third-order valence-electron chi connectivity index (χ3n) is 3.73. The summed E-state index contributed by atoms with van der Waals surface area (Å²) in [5.41, 5.74) is 1.28. The minimum absolute atomic E-state index is 0.0521. The van der Waals surface area contributed by atoms with Crippen molar-refractivity contribution in [3.63, 3.8) is 0 Å². The predicted molar refractivity (Wildman–Crippen MR) is 97.1 cm³/mol. The van der Waals surface area contributed by atoms with Gasteiger partial charge in [-0.15, -0.1) is 11.3 Å². The van der Waals surface area contributed by atoms with Crippen molar-refractivity contribution >= 4 is 34.1 Å². The molecule has 0 fully saturated rings. The van der Waals surface area contributed by atoms with E-state index in [9.17, 15) is 23.9 Å². The molecule has 0 radical (unpaired) electrons. The Morgan fingerprint density at radius 2 is 1.96 bits per heavy atom. The van der Waals surface area contributed by atoms with Crippen LogP contribution in [0.2, 0.25) is 0 Å². The minimum Gasteiger partial charge on any atom is -0.478 e. The molecule has 0 atom stereocenters. The number of carbonyl (C=O) groups excluding carboxylic acids is 2. The molecule has 3 N–H and O–H groups in total. The first-order valence-electron chi connectivity index (χ1n) is 7.98. The first-order valence-corrected chi connectivity index (χ1v) is 8.80. The quantitative estimate of drug-likeness (QED) is 0.690. The molecular weight excluding hydrogens is 359 g/mol. The fourth-order valence-electron chi connectivity index (χ4n) is 2.56. The maximum atomic E-state index is 13.1. The van der Waals surface area contributed by atoms with Gasteiger partial charge in [-0.2, -0.15) is 0 Å². The Kier molecular flexibility index (Phi) is 6.46. The second-order valence-corrected chi connectivity index (χ2v) is 6.86. The zero-order valence-electron chi connectivity index (χ0n) is 14.4. The molecule has 0 saturated heterocycles. The van der Waals surface area contributed by atoms with Crippen LogP contribution in [0, 0.1) is 12.7 Å². The number of amides is 2. The molecule has 1 heterocycles. The standard InChI is InChI=1S/C18H19FN2O4S/c1-3-13-10(2)26-17(16(13)18(24)25)21-15(23)9-20-14(22)8-11-5-4-6-12(19)7-11/h4-7H,3,8-9H2,1-2H3,(H,20,22)(H,21,23)(H,24,25). The molecule has 1 aromatic heterocycles. The third kappa shape index (κ3) is 4.89. The zero-order valence-corrected chi connectivity index (χ0v) is 15.2. The molecule has 0 saturated carbocycles. The lowest BCUT2D eigenvalue weighted by Gasteiger charge is -2.07. The van der Waals surface area contributed by atoms with Crippen LogP contribution in [0.1, 0.15) is 33.3 Å². The first-order chi connectivity index (χ1) is 12.3. The van der Waals surface area contributed by atoms with Crippen LogP contribution in [-0.2, 0) is 22.4 Å². The number of carboxylic acids is 1. The monoisotopic (exact) mass is 378 g/mol. The molecule has 0 unspecified atom stereocenters. The van der Waals surface area contributed by atoms with Crippen LogP contribution in [0.4, 0.5) is 9.39 Å². The van der Waals surface area contributed by atoms with Crippen molar-refractivity contribution in [2.75, 3.05) is 11.9 Å². The molecule has 0 spiro atoms. The molecule has 26 heavy (non-hydrogen) atoms. The smallest absolute Gasteiger partial charge is 0.339 e. The molecule has 0 aliphatic heterocycles. The van der Waals surface area contributed by atoms with Crippen LogP contribution >= 0.6 is 11.3 Å². The van der Waals surface area contributed by atoms with E-state index in [0.29, 0.717) is 17.5 Å². The summed E-state index contributed by atoms with van der Waals surface area (Å²) in [6.45, 7) is 3.34. The molecule has 0 aliphatic carbocycles. The van der Waals surface area contributed by atoms with E-state index in [0.717, 1.165) is 4.88 Å². The average Bonchev–Trinajstić information content (AvgIpc) is 2.88. The molecule has 6 nitrogen and oxygen atoms in total. The van der Waals surface area contributed by atoms with Crippen molar-refractivity contribution < 1.29 is 23.9 Å². The lowest BCUT2D eigenvalue weighted by Crippen LogP contribution is -2.33. The Morgan fingerprint density at radius 1 is 1.23 bits per heavy atom. The fraction of sp³-hybridized carbons (Fsp3) is 0.278. The number of rotatable bonds is 7. The number of halogens is 1. The van der Waals surface area contributed by atoms with Gasteiger partial charge in [-0.3, -0.25) is 9.59 Å². The first kappa shape index (κ1) is 19.6. The van der Waals surface area contributed by atoms with Gasteiger partial charge in [0, 0.05) is 4.88 Å². The summed E-state index contributed by atoms with van der Waals surface area (Å²) in [4.78, 5) is 36.2. The molecule has 138 valence electrons. The molecule has 8 heteroatoms. The Hall–Kier alpha value is -2.74. The van der Waals surface area contributed by atoms with Gasteiger partial charge in [0.05, 0.1) is 18.5 Å². The summed E-state index contributed by atoms with van der Waals surface area (Å²) in [6, 6.07) is 5.65. The van der Waals surface area contributed by atoms with Crippen LogP contribution in [0.5, 0.6) is 0 Å². The Labute approximate surface area is 154 Å². The van der Waals surface area contributed by atoms with E-state index < -0.39 is 23.6 Å². The van der Waals surface area contributed by atoms with E-state index >= 15 is 0 Å². The highest BCUT2D eigenvalue weighted by Gasteiger charge is 2.21. The predicted octanol–water partition coefficient (Wildman–Crippen LogP) is 2.75. The van der Waals surface area contributed by atoms with Gasteiger partial charge in [-0.25, -0.2) is 9.18 Å². The Morgan fingerprint density at radius 3 is 2.58 bits per heavy atom. The third-order valence-corrected chi connectivity index (χ3v) is 4.79. The van der Waals surface area contributed by atoms with Gasteiger partial charge in [0.25, 0.3) is 0 Å². The number of aryl methyl sites for hydroxylation is 1. The summed E-state index contributed by atoms with van der Waals surface area (Å²) < 4.78 is 13.1. The van der Waals surface area contributed by atoms with E-state index in [1.807, 2.05) is 6.92 Å². The van der Waals surface area contributed by atoms with Crippen LogP contribution in [-0.4, -0.2) is 29.4 Å². The van der Waals surface area contributed by atoms with Crippen LogP contribution in [0.25, 0.3) is 0 Å². The largest absolute Gasteiger partial charge is 0.478 e. The van der Waals surface area contributed by atoms with Gasteiger partial charge in [0.2, 0.25) is 11.8 Å². The summed E-state index contributed by atoms with van der Waals surface area (Å²) in [7, 11) is 0. The highest BCUT2D eigenvalue weighted by molar-refractivity contribution is 7.16. The lowest BCUT2D eigenvalue weighted by molar-refractivity contribution is -0.123. The second-order valence-electron chi connectivity index (χ2n) is 5.63. The highest BCUT2D eigenvalue weighted by atomic mass is 32.1. The van der Waals surface area contributed by atoms with Gasteiger partial charge in [-0.1, -0.05) is 19.1 Å². The summed E-state index contributed by atoms with van der Waals surface area (Å²) >= 11 is 1.19. The minimum atomic E-state index is -1.10. The molecule has 1 aromatic carbocycles. The SMILES string of the molecule is CCc1c(C)sc(NC(=O)CNC(=O)Cc2cccc(F)c2)c1C(=O)O. The second kappa shape index (κ2) is 8.57. The van der Waals surface area contributed by atoms with Crippen molar-refractivity contribution in [3.8, 4) is 0 Å². The van der Waals surface area contributed by atoms with Gasteiger partial charge in [0.1, 0.15) is 10.8 Å². The molecular formula is C18H19FN2O4S. The van der Waals surface area contributed by atoms with Gasteiger partial charge < -0.3 is 15.7 Å². The summed E-state index contributed by atoms with van der Waals surface area (Å²) in [5.74, 6) is -2.49. The maximum absolute atomic E-state index is 13.1. The normalized spacial score (nSPS) is 10.4. The summed E-state index contributed by atoms with van der Waals surface area (Å²) in [6.07, 6.45) is 0.494.